The Morgan fingerprint density at radius 2 is 1.94 bits per heavy atom. The number of hydrogen-bond donors (Lipinski definition) is 1. The minimum absolute atomic E-state index is 0.0233. The van der Waals surface area contributed by atoms with E-state index in [9.17, 15) is 18.0 Å². The van der Waals surface area contributed by atoms with Crippen LogP contribution in [0.1, 0.15) is 24.3 Å². The fourth-order valence-corrected chi connectivity index (χ4v) is 4.27. The standard InChI is InChI=1S/C20H21F3N6OS/c1-12-25-28-19(31-12)14-2-3-16-15(10-14)11-17(27-26-16)24-18(30)13-4-7-29(8-5-13)9-6-20(21,22)23/h2-3,10-11,13H,4-9H2,1H3,(H,24,27,30). The van der Waals surface area contributed by atoms with Crippen molar-refractivity contribution in [3.8, 4) is 10.6 Å². The average Bonchev–Trinajstić information content (AvgIpc) is 3.18. The second-order valence-electron chi connectivity index (χ2n) is 7.60. The molecule has 0 aliphatic carbocycles. The van der Waals surface area contributed by atoms with Gasteiger partial charge in [0.2, 0.25) is 5.91 Å². The molecule has 3 heterocycles. The molecule has 31 heavy (non-hydrogen) atoms. The summed E-state index contributed by atoms with van der Waals surface area (Å²) >= 11 is 1.49. The zero-order chi connectivity index (χ0) is 22.0. The number of nitrogens with zero attached hydrogens (tertiary/aromatic N) is 5. The molecule has 1 aliphatic rings. The zero-order valence-electron chi connectivity index (χ0n) is 16.8. The van der Waals surface area contributed by atoms with Gasteiger partial charge in [-0.3, -0.25) is 4.79 Å². The van der Waals surface area contributed by atoms with Gasteiger partial charge in [0.15, 0.2) is 5.82 Å². The fourth-order valence-electron chi connectivity index (χ4n) is 3.58. The Labute approximate surface area is 180 Å². The predicted octanol–water partition coefficient (Wildman–Crippen LogP) is 4.06. The lowest BCUT2D eigenvalue weighted by Gasteiger charge is -2.31. The molecule has 1 aromatic carbocycles. The third-order valence-corrected chi connectivity index (χ3v) is 6.17. The number of hydrogen-bond acceptors (Lipinski definition) is 7. The lowest BCUT2D eigenvalue weighted by molar-refractivity contribution is -0.139. The lowest BCUT2D eigenvalue weighted by Crippen LogP contribution is -2.39. The van der Waals surface area contributed by atoms with Gasteiger partial charge in [-0.2, -0.15) is 13.2 Å². The van der Waals surface area contributed by atoms with Gasteiger partial charge in [-0.25, -0.2) is 0 Å². The van der Waals surface area contributed by atoms with Crippen LogP contribution < -0.4 is 5.32 Å². The molecule has 1 amide bonds. The molecule has 1 saturated heterocycles. The Bertz CT molecular complexity index is 1080. The van der Waals surface area contributed by atoms with Crippen LogP contribution in [0.25, 0.3) is 21.5 Å². The number of alkyl halides is 3. The SMILES string of the molecule is Cc1nnc(-c2ccc3nnc(NC(=O)C4CCN(CCC(F)(F)F)CC4)cc3c2)s1. The number of amides is 1. The second-order valence-corrected chi connectivity index (χ2v) is 8.78. The quantitative estimate of drug-likeness (QED) is 0.631. The van der Waals surface area contributed by atoms with Gasteiger partial charge in [0.25, 0.3) is 0 Å². The number of fused-ring (bicyclic) bond motifs is 1. The maximum absolute atomic E-state index is 12.6. The van der Waals surface area contributed by atoms with Crippen LogP contribution in [0.4, 0.5) is 19.0 Å². The third-order valence-electron chi connectivity index (χ3n) is 5.28. The van der Waals surface area contributed by atoms with Gasteiger partial charge in [-0.1, -0.05) is 11.3 Å². The fraction of sp³-hybridized carbons (Fsp3) is 0.450. The molecule has 11 heteroatoms. The van der Waals surface area contributed by atoms with Crippen LogP contribution in [0, 0.1) is 12.8 Å². The van der Waals surface area contributed by atoms with Crippen LogP contribution in [0.15, 0.2) is 24.3 Å². The topological polar surface area (TPSA) is 83.9 Å². The summed E-state index contributed by atoms with van der Waals surface area (Å²) in [5.41, 5.74) is 1.61. The summed E-state index contributed by atoms with van der Waals surface area (Å²) in [6.07, 6.45) is -3.94. The molecule has 0 radical (unpaired) electrons. The number of rotatable bonds is 5. The van der Waals surface area contributed by atoms with Crippen molar-refractivity contribution in [3.05, 3.63) is 29.3 Å². The molecule has 3 aromatic rings. The van der Waals surface area contributed by atoms with Crippen LogP contribution in [0.2, 0.25) is 0 Å². The first kappa shape index (κ1) is 21.6. The van der Waals surface area contributed by atoms with Gasteiger partial charge in [0.1, 0.15) is 10.0 Å². The summed E-state index contributed by atoms with van der Waals surface area (Å²) in [5, 5.41) is 21.7. The molecule has 0 spiro atoms. The molecule has 0 saturated carbocycles. The number of piperidine rings is 1. The van der Waals surface area contributed by atoms with Crippen LogP contribution in [0.5, 0.6) is 0 Å². The molecule has 0 unspecified atom stereocenters. The van der Waals surface area contributed by atoms with E-state index < -0.39 is 12.6 Å². The van der Waals surface area contributed by atoms with Crippen molar-refractivity contribution in [2.24, 2.45) is 5.92 Å². The van der Waals surface area contributed by atoms with Crippen molar-refractivity contribution in [2.45, 2.75) is 32.4 Å². The van der Waals surface area contributed by atoms with Crippen molar-refractivity contribution in [1.29, 1.82) is 0 Å². The van der Waals surface area contributed by atoms with Gasteiger partial charge in [0.05, 0.1) is 11.9 Å². The number of anilines is 1. The van der Waals surface area contributed by atoms with Gasteiger partial charge >= 0.3 is 6.18 Å². The number of halogens is 3. The van der Waals surface area contributed by atoms with Crippen molar-refractivity contribution < 1.29 is 18.0 Å². The molecule has 4 rings (SSSR count). The zero-order valence-corrected chi connectivity index (χ0v) is 17.6. The summed E-state index contributed by atoms with van der Waals surface area (Å²) < 4.78 is 37.1. The van der Waals surface area contributed by atoms with Crippen LogP contribution in [0.3, 0.4) is 0 Å². The first-order valence-corrected chi connectivity index (χ1v) is 10.8. The molecule has 1 fully saturated rings. The van der Waals surface area contributed by atoms with Crippen LogP contribution in [-0.4, -0.2) is 57.0 Å². The number of benzene rings is 1. The van der Waals surface area contributed by atoms with E-state index in [1.165, 1.54) is 11.3 Å². The average molecular weight is 450 g/mol. The largest absolute Gasteiger partial charge is 0.390 e. The lowest BCUT2D eigenvalue weighted by atomic mass is 9.96. The van der Waals surface area contributed by atoms with Crippen LogP contribution >= 0.6 is 11.3 Å². The normalized spacial score (nSPS) is 16.0. The van der Waals surface area contributed by atoms with E-state index in [-0.39, 0.29) is 18.4 Å². The molecular weight excluding hydrogens is 429 g/mol. The molecule has 7 nitrogen and oxygen atoms in total. The Kier molecular flexibility index (Phi) is 6.15. The molecule has 1 aliphatic heterocycles. The van der Waals surface area contributed by atoms with Crippen LogP contribution in [-0.2, 0) is 4.79 Å². The third kappa shape index (κ3) is 5.53. The van der Waals surface area contributed by atoms with E-state index in [4.69, 9.17) is 0 Å². The molecule has 0 bridgehead atoms. The van der Waals surface area contributed by atoms with Crippen molar-refractivity contribution in [2.75, 3.05) is 25.0 Å². The number of carbonyl (C=O) groups excluding carboxylic acids is 1. The summed E-state index contributed by atoms with van der Waals surface area (Å²) in [5.74, 6) is -0.0852. The minimum atomic E-state index is -4.16. The highest BCUT2D eigenvalue weighted by molar-refractivity contribution is 7.14. The number of carbonyl (C=O) groups is 1. The first-order chi connectivity index (χ1) is 14.8. The molecule has 164 valence electrons. The molecule has 2 aromatic heterocycles. The maximum atomic E-state index is 12.6. The highest BCUT2D eigenvalue weighted by Gasteiger charge is 2.30. The second kappa shape index (κ2) is 8.83. The van der Waals surface area contributed by atoms with E-state index in [0.29, 0.717) is 37.3 Å². The van der Waals surface area contributed by atoms with Gasteiger partial charge in [-0.15, -0.1) is 20.4 Å². The maximum Gasteiger partial charge on any atom is 0.390 e. The van der Waals surface area contributed by atoms with E-state index in [0.717, 1.165) is 21.0 Å². The first-order valence-electron chi connectivity index (χ1n) is 9.95. The van der Waals surface area contributed by atoms with Crippen molar-refractivity contribution in [1.82, 2.24) is 25.3 Å². The smallest absolute Gasteiger partial charge is 0.309 e. The predicted molar refractivity (Wildman–Crippen MR) is 112 cm³/mol. The highest BCUT2D eigenvalue weighted by atomic mass is 32.1. The van der Waals surface area contributed by atoms with Crippen molar-refractivity contribution in [3.63, 3.8) is 0 Å². The number of likely N-dealkylation sites (tertiary alicyclic amines) is 1. The summed E-state index contributed by atoms with van der Waals surface area (Å²) in [4.78, 5) is 14.4. The van der Waals surface area contributed by atoms with E-state index in [1.807, 2.05) is 25.1 Å². The Hall–Kier alpha value is -2.66. The number of aryl methyl sites for hydroxylation is 1. The van der Waals surface area contributed by atoms with E-state index in [2.05, 4.69) is 25.7 Å². The van der Waals surface area contributed by atoms with Gasteiger partial charge < -0.3 is 10.2 Å². The molecule has 1 N–H and O–H groups in total. The van der Waals surface area contributed by atoms with Gasteiger partial charge in [0, 0.05) is 23.4 Å². The van der Waals surface area contributed by atoms with E-state index >= 15 is 0 Å². The monoisotopic (exact) mass is 450 g/mol. The number of nitrogens with one attached hydrogen (secondary N) is 1. The summed E-state index contributed by atoms with van der Waals surface area (Å²) in [6.45, 7) is 2.82. The minimum Gasteiger partial charge on any atom is -0.309 e. The number of aromatic nitrogens is 4. The molecule has 0 atom stereocenters. The summed E-state index contributed by atoms with van der Waals surface area (Å²) in [6, 6.07) is 7.44. The summed E-state index contributed by atoms with van der Waals surface area (Å²) in [7, 11) is 0. The van der Waals surface area contributed by atoms with Gasteiger partial charge in [-0.05, 0) is 57.1 Å². The Morgan fingerprint density at radius 3 is 2.61 bits per heavy atom. The highest BCUT2D eigenvalue weighted by Crippen LogP contribution is 2.27. The Balaban J connectivity index is 1.38. The molecular formula is C20H21F3N6OS. The van der Waals surface area contributed by atoms with E-state index in [1.54, 1.807) is 11.0 Å². The van der Waals surface area contributed by atoms with Crippen molar-refractivity contribution >= 4 is 34.0 Å². The Morgan fingerprint density at radius 1 is 1.16 bits per heavy atom.